The smallest absolute Gasteiger partial charge is 0.415 e. The lowest BCUT2D eigenvalue weighted by molar-refractivity contribution is -0.130. The number of hydrogen-bond donors (Lipinski definition) is 2. The Labute approximate surface area is 319 Å². The van der Waals surface area contributed by atoms with Crippen LogP contribution in [-0.4, -0.2) is 92.9 Å². The molecule has 14 heteroatoms. The fourth-order valence-corrected chi connectivity index (χ4v) is 6.21. The van der Waals surface area contributed by atoms with Crippen molar-refractivity contribution in [3.8, 4) is 11.5 Å². The van der Waals surface area contributed by atoms with Gasteiger partial charge in [0.1, 0.15) is 12.4 Å². The molecule has 1 fully saturated rings. The number of nitrogens with two attached hydrogens (primary N) is 1. The summed E-state index contributed by atoms with van der Waals surface area (Å²) in [6.45, 7) is 14.0. The van der Waals surface area contributed by atoms with Gasteiger partial charge in [0, 0.05) is 45.7 Å². The van der Waals surface area contributed by atoms with E-state index < -0.39 is 47.7 Å². The molecule has 54 heavy (non-hydrogen) atoms. The van der Waals surface area contributed by atoms with Crippen molar-refractivity contribution >= 4 is 23.9 Å². The Balaban J connectivity index is 1.87. The van der Waals surface area contributed by atoms with Crippen LogP contribution >= 0.6 is 0 Å². The number of methoxy groups -OCH3 is 2. The lowest BCUT2D eigenvalue weighted by Crippen LogP contribution is -2.47. The van der Waals surface area contributed by atoms with Gasteiger partial charge >= 0.3 is 12.1 Å². The molecule has 1 aromatic carbocycles. The maximum atomic E-state index is 13.8. The average Bonchev–Trinajstić information content (AvgIpc) is 3.53. The Morgan fingerprint density at radius 1 is 0.981 bits per heavy atom. The summed E-state index contributed by atoms with van der Waals surface area (Å²) < 4.78 is 34.1. The topological polar surface area (TPSA) is 178 Å². The molecular weight excluding hydrogens is 696 g/mol. The number of amides is 3. The minimum absolute atomic E-state index is 0.0614. The summed E-state index contributed by atoms with van der Waals surface area (Å²) in [7, 11) is 3.25. The molecule has 300 valence electrons. The highest BCUT2D eigenvalue weighted by molar-refractivity contribution is 5.87. The van der Waals surface area contributed by atoms with E-state index in [0.717, 1.165) is 12.0 Å². The number of carbonyl (C=O) groups excluding carboxylic acids is 4. The van der Waals surface area contributed by atoms with Crippen LogP contribution in [0.4, 0.5) is 4.79 Å². The molecule has 0 radical (unpaired) electrons. The second-order valence-corrected chi connectivity index (χ2v) is 15.1. The average molecular weight is 757 g/mol. The van der Waals surface area contributed by atoms with Gasteiger partial charge in [0.2, 0.25) is 18.1 Å². The lowest BCUT2D eigenvalue weighted by Gasteiger charge is -2.33. The van der Waals surface area contributed by atoms with E-state index in [4.69, 9.17) is 34.2 Å². The van der Waals surface area contributed by atoms with Crippen molar-refractivity contribution in [2.75, 3.05) is 40.7 Å². The van der Waals surface area contributed by atoms with Crippen LogP contribution < -0.4 is 20.5 Å². The highest BCUT2D eigenvalue weighted by Crippen LogP contribution is 2.36. The van der Waals surface area contributed by atoms with E-state index in [1.807, 2.05) is 32.0 Å². The third-order valence-corrected chi connectivity index (χ3v) is 9.87. The highest BCUT2D eigenvalue weighted by atomic mass is 16.7. The zero-order chi connectivity index (χ0) is 40.0. The summed E-state index contributed by atoms with van der Waals surface area (Å²) in [5, 5.41) is 2.91. The number of benzene rings is 1. The van der Waals surface area contributed by atoms with Gasteiger partial charge in [0.15, 0.2) is 11.5 Å². The molecule has 3 amide bonds. The number of nitrogens with zero attached hydrogens (tertiary/aromatic N) is 2. The van der Waals surface area contributed by atoms with E-state index in [1.54, 1.807) is 40.2 Å². The predicted molar refractivity (Wildman–Crippen MR) is 202 cm³/mol. The maximum absolute atomic E-state index is 13.8. The van der Waals surface area contributed by atoms with Crippen LogP contribution in [0, 0.1) is 29.1 Å². The molecule has 1 saturated heterocycles. The molecule has 3 N–H and O–H groups in total. The number of ether oxygens (including phenoxy) is 6. The standard InChI is InChI=1S/C40H60N4O10/c1-25(2)29(19-28-14-15-33(50-9)35(20-28)51-18-12-17-49-8)21-32-34(22-30(26(3)4)36(45)43-23-40(6,7)38(41)47)52-24-44(32)39(48)54-27(5)53-37(46)31-13-10-11-16-42-31/h10-11,13-16,20,25-27,29-30,32,34H,12,17-19,21-24H2,1-9H3,(H2,41,47)(H,43,45)/t27?,29-,30-,32-,34-/m0/s1. The second kappa shape index (κ2) is 20.9. The number of aromatic nitrogens is 1. The second-order valence-electron chi connectivity index (χ2n) is 15.1. The third kappa shape index (κ3) is 12.9. The maximum Gasteiger partial charge on any atom is 0.415 e. The quantitative estimate of drug-likeness (QED) is 0.0952. The Hall–Kier alpha value is -4.43. The fourth-order valence-electron chi connectivity index (χ4n) is 6.21. The highest BCUT2D eigenvalue weighted by Gasteiger charge is 2.43. The minimum atomic E-state index is -1.21. The Morgan fingerprint density at radius 3 is 2.33 bits per heavy atom. The molecule has 1 aliphatic heterocycles. The first kappa shape index (κ1) is 44.0. The number of primary amides is 1. The summed E-state index contributed by atoms with van der Waals surface area (Å²) in [4.78, 5) is 57.4. The summed E-state index contributed by atoms with van der Waals surface area (Å²) in [6.07, 6.45) is 1.25. The molecule has 0 bridgehead atoms. The van der Waals surface area contributed by atoms with Crippen LogP contribution in [0.25, 0.3) is 0 Å². The number of nitrogens with one attached hydrogen (secondary N) is 1. The first-order chi connectivity index (χ1) is 25.6. The Bertz CT molecular complexity index is 1520. The summed E-state index contributed by atoms with van der Waals surface area (Å²) >= 11 is 0. The summed E-state index contributed by atoms with van der Waals surface area (Å²) in [6, 6.07) is 10.2. The number of esters is 1. The van der Waals surface area contributed by atoms with E-state index in [0.29, 0.717) is 44.0 Å². The minimum Gasteiger partial charge on any atom is -0.493 e. The van der Waals surface area contributed by atoms with Crippen LogP contribution in [-0.2, 0) is 35.0 Å². The molecule has 3 rings (SSSR count). The van der Waals surface area contributed by atoms with Crippen molar-refractivity contribution in [1.82, 2.24) is 15.2 Å². The van der Waals surface area contributed by atoms with Gasteiger partial charge in [-0.25, -0.2) is 14.6 Å². The number of rotatable bonds is 21. The lowest BCUT2D eigenvalue weighted by atomic mass is 9.80. The van der Waals surface area contributed by atoms with Gasteiger partial charge in [0.25, 0.3) is 0 Å². The van der Waals surface area contributed by atoms with Crippen molar-refractivity contribution in [3.63, 3.8) is 0 Å². The van der Waals surface area contributed by atoms with Crippen LogP contribution in [0.2, 0.25) is 0 Å². The van der Waals surface area contributed by atoms with Gasteiger partial charge in [0.05, 0.1) is 31.3 Å². The van der Waals surface area contributed by atoms with Crippen LogP contribution in [0.5, 0.6) is 11.5 Å². The molecule has 2 heterocycles. The van der Waals surface area contributed by atoms with Crippen molar-refractivity contribution < 1.29 is 47.6 Å². The largest absolute Gasteiger partial charge is 0.493 e. The van der Waals surface area contributed by atoms with E-state index in [9.17, 15) is 19.2 Å². The first-order valence-electron chi connectivity index (χ1n) is 18.6. The van der Waals surface area contributed by atoms with Gasteiger partial charge in [-0.3, -0.25) is 14.5 Å². The monoisotopic (exact) mass is 756 g/mol. The van der Waals surface area contributed by atoms with Crippen molar-refractivity contribution in [1.29, 1.82) is 0 Å². The van der Waals surface area contributed by atoms with Crippen molar-refractivity contribution in [2.45, 2.75) is 92.6 Å². The predicted octanol–water partition coefficient (Wildman–Crippen LogP) is 5.37. The molecule has 1 unspecified atom stereocenters. The van der Waals surface area contributed by atoms with Crippen LogP contribution in [0.3, 0.4) is 0 Å². The van der Waals surface area contributed by atoms with Gasteiger partial charge < -0.3 is 39.5 Å². The van der Waals surface area contributed by atoms with Crippen molar-refractivity contribution in [3.05, 3.63) is 53.9 Å². The van der Waals surface area contributed by atoms with Gasteiger partial charge in [-0.15, -0.1) is 0 Å². The first-order valence-corrected chi connectivity index (χ1v) is 18.6. The van der Waals surface area contributed by atoms with Gasteiger partial charge in [-0.05, 0) is 80.7 Å². The van der Waals surface area contributed by atoms with Gasteiger partial charge in [-0.1, -0.05) is 39.8 Å². The summed E-state index contributed by atoms with van der Waals surface area (Å²) in [5.41, 5.74) is 5.74. The molecule has 2 aromatic rings. The van der Waals surface area contributed by atoms with Crippen LogP contribution in [0.1, 0.15) is 83.8 Å². The number of hydrogen-bond acceptors (Lipinski definition) is 11. The number of carbonyl (C=O) groups is 4. The Kier molecular flexibility index (Phi) is 17.0. The zero-order valence-corrected chi connectivity index (χ0v) is 33.3. The molecule has 0 spiro atoms. The van der Waals surface area contributed by atoms with E-state index >= 15 is 0 Å². The van der Waals surface area contributed by atoms with Gasteiger partial charge in [-0.2, -0.15) is 0 Å². The Morgan fingerprint density at radius 2 is 1.72 bits per heavy atom. The summed E-state index contributed by atoms with van der Waals surface area (Å²) in [5.74, 6) is -0.525. The normalized spacial score (nSPS) is 17.5. The van der Waals surface area contributed by atoms with E-state index in [1.165, 1.54) is 24.1 Å². The molecule has 1 aliphatic rings. The molecule has 14 nitrogen and oxygen atoms in total. The SMILES string of the molecule is COCCCOc1cc(C[C@@H](C[C@H]2[C@H](C[C@H](C(=O)NCC(C)(C)C(N)=O)C(C)C)OCN2C(=O)OC(C)OC(=O)c2ccccn2)C(C)C)ccc1OC. The molecule has 0 aliphatic carbocycles. The molecular formula is C40H60N4O10. The fraction of sp³-hybridized carbons (Fsp3) is 0.625. The molecule has 1 aromatic heterocycles. The van der Waals surface area contributed by atoms with Crippen LogP contribution in [0.15, 0.2) is 42.6 Å². The molecule has 0 saturated carbocycles. The third-order valence-electron chi connectivity index (χ3n) is 9.87. The van der Waals surface area contributed by atoms with Crippen molar-refractivity contribution in [2.24, 2.45) is 34.8 Å². The number of pyridine rings is 1. The van der Waals surface area contributed by atoms with E-state index in [2.05, 4.69) is 24.1 Å². The molecule has 5 atom stereocenters. The zero-order valence-electron chi connectivity index (χ0n) is 33.3. The van der Waals surface area contributed by atoms with E-state index in [-0.39, 0.29) is 42.6 Å².